The van der Waals surface area contributed by atoms with E-state index in [4.69, 9.17) is 9.72 Å². The molecule has 2 aromatic carbocycles. The van der Waals surface area contributed by atoms with E-state index in [-0.39, 0.29) is 24.5 Å². The molecule has 1 amide bonds. The second-order valence-corrected chi connectivity index (χ2v) is 11.7. The Morgan fingerprint density at radius 1 is 1.05 bits per heavy atom. The lowest BCUT2D eigenvalue weighted by atomic mass is 9.95. The molecule has 2 atom stereocenters. The van der Waals surface area contributed by atoms with Crippen molar-refractivity contribution < 1.29 is 18.7 Å². The van der Waals surface area contributed by atoms with E-state index in [1.807, 2.05) is 63.4 Å². The smallest absolute Gasteiger partial charge is 0.260 e. The highest BCUT2D eigenvalue weighted by atomic mass is 19.1. The number of rotatable bonds is 11. The summed E-state index contributed by atoms with van der Waals surface area (Å²) in [6.45, 7) is 3.99. The Kier molecular flexibility index (Phi) is 9.21. The number of carbonyl (C=O) groups is 2. The number of aromatic nitrogens is 1. The van der Waals surface area contributed by atoms with Crippen molar-refractivity contribution in [2.45, 2.75) is 64.5 Å². The summed E-state index contributed by atoms with van der Waals surface area (Å²) >= 11 is 0. The number of para-hydroxylation sites is 1. The third-order valence-electron chi connectivity index (χ3n) is 8.39. The number of carbonyl (C=O) groups excluding carboxylic acids is 2. The van der Waals surface area contributed by atoms with Gasteiger partial charge in [0.1, 0.15) is 12.4 Å². The number of fused-ring (bicyclic) bond motifs is 2. The number of hydrogen-bond donors (Lipinski definition) is 1. The maximum absolute atomic E-state index is 13.2. The lowest BCUT2D eigenvalue weighted by Crippen LogP contribution is -2.28. The molecular weight excluding hydrogens is 531 g/mol. The van der Waals surface area contributed by atoms with Crippen molar-refractivity contribution in [2.24, 2.45) is 5.92 Å². The largest absolute Gasteiger partial charge is 0.491 e. The van der Waals surface area contributed by atoms with E-state index in [0.29, 0.717) is 48.9 Å². The van der Waals surface area contributed by atoms with Gasteiger partial charge < -0.3 is 19.9 Å². The van der Waals surface area contributed by atoms with Crippen LogP contribution in [0.15, 0.2) is 54.7 Å². The number of amides is 1. The van der Waals surface area contributed by atoms with Crippen molar-refractivity contribution in [3.8, 4) is 5.75 Å². The highest BCUT2D eigenvalue weighted by Gasteiger charge is 2.28. The molecular formula is C34H41FN4O3. The molecule has 7 nitrogen and oxygen atoms in total. The molecule has 2 aliphatic rings. The average Bonchev–Trinajstić information content (AvgIpc) is 3.42. The molecule has 1 N–H and O–H groups in total. The van der Waals surface area contributed by atoms with Crippen LogP contribution in [0.3, 0.4) is 0 Å². The molecule has 0 bridgehead atoms. The number of alkyl halides is 1. The quantitative estimate of drug-likeness (QED) is 0.272. The lowest BCUT2D eigenvalue weighted by molar-refractivity contribution is 0.0959. The standard InChI is InChI=1S/C34H41FN4O3/c1-22(2)42-33-19-25(32(40)18-23-9-13-26(17-23)36-16-15-35)11-10-24(33)12-14-27-20-30-31(21-37-27)39(4)34(41)28-7-5-6-8-29(28)38(30)3/h5-8,10-11,19-23,26,36H,9,12-18H2,1-4H3. The van der Waals surface area contributed by atoms with E-state index in [1.165, 1.54) is 0 Å². The summed E-state index contributed by atoms with van der Waals surface area (Å²) in [6, 6.07) is 15.8. The molecule has 2 unspecified atom stereocenters. The highest BCUT2D eigenvalue weighted by molar-refractivity contribution is 6.13. The summed E-state index contributed by atoms with van der Waals surface area (Å²) in [5, 5.41) is 3.24. The van der Waals surface area contributed by atoms with Gasteiger partial charge in [-0.2, -0.15) is 0 Å². The fourth-order valence-electron chi connectivity index (χ4n) is 6.16. The molecule has 1 aromatic heterocycles. The topological polar surface area (TPSA) is 74.8 Å². The minimum Gasteiger partial charge on any atom is -0.491 e. The molecule has 42 heavy (non-hydrogen) atoms. The molecule has 0 spiro atoms. The summed E-state index contributed by atoms with van der Waals surface area (Å²) in [5.74, 6) is 1.12. The normalized spacial score (nSPS) is 18.2. The first-order valence-electron chi connectivity index (χ1n) is 15.0. The number of aryl methyl sites for hydroxylation is 2. The first kappa shape index (κ1) is 29.7. The number of halogens is 1. The van der Waals surface area contributed by atoms with Gasteiger partial charge in [-0.15, -0.1) is 0 Å². The van der Waals surface area contributed by atoms with Gasteiger partial charge in [0.2, 0.25) is 0 Å². The van der Waals surface area contributed by atoms with E-state index in [0.717, 1.165) is 53.3 Å². The van der Waals surface area contributed by atoms with E-state index in [2.05, 4.69) is 16.3 Å². The van der Waals surface area contributed by atoms with Crippen molar-refractivity contribution in [2.75, 3.05) is 37.1 Å². The predicted molar refractivity (Wildman–Crippen MR) is 165 cm³/mol. The third-order valence-corrected chi connectivity index (χ3v) is 8.39. The van der Waals surface area contributed by atoms with Crippen molar-refractivity contribution in [1.82, 2.24) is 10.3 Å². The first-order chi connectivity index (χ1) is 20.2. The second-order valence-electron chi connectivity index (χ2n) is 11.7. The molecule has 1 fully saturated rings. The first-order valence-corrected chi connectivity index (χ1v) is 15.0. The molecule has 0 radical (unpaired) electrons. The van der Waals surface area contributed by atoms with Gasteiger partial charge in [0.15, 0.2) is 5.78 Å². The lowest BCUT2D eigenvalue weighted by Gasteiger charge is -2.22. The van der Waals surface area contributed by atoms with Gasteiger partial charge in [-0.05, 0) is 81.7 Å². The van der Waals surface area contributed by atoms with Crippen molar-refractivity contribution >= 4 is 28.8 Å². The molecule has 1 aliphatic carbocycles. The number of nitrogens with zero attached hydrogens (tertiary/aromatic N) is 3. The number of anilines is 3. The Morgan fingerprint density at radius 2 is 1.86 bits per heavy atom. The van der Waals surface area contributed by atoms with Crippen LogP contribution in [0, 0.1) is 5.92 Å². The summed E-state index contributed by atoms with van der Waals surface area (Å²) < 4.78 is 18.7. The number of pyridine rings is 1. The number of ether oxygens (including phenoxy) is 1. The van der Waals surface area contributed by atoms with Gasteiger partial charge in [0.05, 0.1) is 34.9 Å². The molecule has 5 rings (SSSR count). The molecule has 0 saturated heterocycles. The summed E-state index contributed by atoms with van der Waals surface area (Å²) in [6.07, 6.45) is 6.52. The zero-order valence-electron chi connectivity index (χ0n) is 25.0. The Hall–Kier alpha value is -3.78. The Morgan fingerprint density at radius 3 is 2.64 bits per heavy atom. The van der Waals surface area contributed by atoms with Gasteiger partial charge in [-0.1, -0.05) is 24.3 Å². The van der Waals surface area contributed by atoms with Gasteiger partial charge in [-0.25, -0.2) is 4.39 Å². The summed E-state index contributed by atoms with van der Waals surface area (Å²) in [5.41, 5.74) is 5.82. The SMILES string of the molecule is CC(C)Oc1cc(C(=O)CC2CCC(NCCF)C2)ccc1CCc1cc2c(cn1)N(C)C(=O)c1ccccc1N2C. The Balaban J connectivity index is 1.31. The van der Waals surface area contributed by atoms with Crippen LogP contribution < -0.4 is 19.9 Å². The van der Waals surface area contributed by atoms with Gasteiger partial charge in [-0.3, -0.25) is 14.6 Å². The summed E-state index contributed by atoms with van der Waals surface area (Å²) in [4.78, 5) is 34.7. The molecule has 2 heterocycles. The molecule has 8 heteroatoms. The van der Waals surface area contributed by atoms with E-state index >= 15 is 0 Å². The minimum absolute atomic E-state index is 0.0290. The number of benzene rings is 2. The van der Waals surface area contributed by atoms with E-state index < -0.39 is 0 Å². The van der Waals surface area contributed by atoms with E-state index in [1.54, 1.807) is 18.1 Å². The van der Waals surface area contributed by atoms with Crippen LogP contribution in [0.25, 0.3) is 0 Å². The predicted octanol–water partition coefficient (Wildman–Crippen LogP) is 6.31. The average molecular weight is 573 g/mol. The minimum atomic E-state index is -0.364. The molecule has 222 valence electrons. The van der Waals surface area contributed by atoms with Crippen molar-refractivity contribution in [1.29, 1.82) is 0 Å². The Bertz CT molecular complexity index is 1440. The Labute approximate surface area is 248 Å². The zero-order valence-corrected chi connectivity index (χ0v) is 25.0. The van der Waals surface area contributed by atoms with Crippen LogP contribution in [-0.4, -0.2) is 56.1 Å². The molecule has 1 aliphatic heterocycles. The van der Waals surface area contributed by atoms with Crippen LogP contribution in [0.4, 0.5) is 21.5 Å². The molecule has 1 saturated carbocycles. The van der Waals surface area contributed by atoms with Crippen LogP contribution in [0.1, 0.15) is 71.5 Å². The highest BCUT2D eigenvalue weighted by Crippen LogP contribution is 2.39. The number of hydrogen-bond acceptors (Lipinski definition) is 6. The number of Topliss-reactive ketones (excluding diaryl/α,β-unsaturated/α-hetero) is 1. The monoisotopic (exact) mass is 572 g/mol. The van der Waals surface area contributed by atoms with Crippen molar-refractivity contribution in [3.63, 3.8) is 0 Å². The summed E-state index contributed by atoms with van der Waals surface area (Å²) in [7, 11) is 3.76. The third kappa shape index (κ3) is 6.49. The fourth-order valence-corrected chi connectivity index (χ4v) is 6.16. The number of nitrogens with one attached hydrogen (secondary N) is 1. The second kappa shape index (κ2) is 13.0. The van der Waals surface area contributed by atoms with Crippen LogP contribution >= 0.6 is 0 Å². The van der Waals surface area contributed by atoms with Crippen molar-refractivity contribution in [3.05, 3.63) is 77.1 Å². The maximum atomic E-state index is 13.2. The van der Waals surface area contributed by atoms with Gasteiger partial charge >= 0.3 is 0 Å². The van der Waals surface area contributed by atoms with Crippen LogP contribution in [0.5, 0.6) is 5.75 Å². The van der Waals surface area contributed by atoms with E-state index in [9.17, 15) is 14.0 Å². The van der Waals surface area contributed by atoms with Gasteiger partial charge in [0, 0.05) is 44.4 Å². The molecule has 3 aromatic rings. The zero-order chi connectivity index (χ0) is 29.8. The van der Waals surface area contributed by atoms with Crippen LogP contribution in [0.2, 0.25) is 0 Å². The van der Waals surface area contributed by atoms with Crippen LogP contribution in [-0.2, 0) is 12.8 Å². The van der Waals surface area contributed by atoms with Gasteiger partial charge in [0.25, 0.3) is 5.91 Å². The maximum Gasteiger partial charge on any atom is 0.260 e. The number of ketones is 1. The fraction of sp³-hybridized carbons (Fsp3) is 0.441.